The van der Waals surface area contributed by atoms with Crippen LogP contribution in [0, 0.1) is 5.41 Å². The Balaban J connectivity index is 1.90. The fourth-order valence-electron chi connectivity index (χ4n) is 4.69. The van der Waals surface area contributed by atoms with Gasteiger partial charge in [0, 0.05) is 12.2 Å². The molecule has 2 saturated heterocycles. The van der Waals surface area contributed by atoms with Crippen molar-refractivity contribution in [2.75, 3.05) is 18.6 Å². The molecule has 0 saturated carbocycles. The second-order valence-corrected chi connectivity index (χ2v) is 7.47. The smallest absolute Gasteiger partial charge is 0.337 e. The molecular formula is C19H21N3O6. The number of imide groups is 2. The van der Waals surface area contributed by atoms with E-state index in [9.17, 15) is 19.2 Å². The van der Waals surface area contributed by atoms with Gasteiger partial charge in [0.15, 0.2) is 5.41 Å². The van der Waals surface area contributed by atoms with Crippen molar-refractivity contribution in [2.45, 2.75) is 38.5 Å². The van der Waals surface area contributed by atoms with Crippen LogP contribution in [0.5, 0.6) is 0 Å². The minimum Gasteiger partial charge on any atom is -0.465 e. The molecule has 0 aromatic heterocycles. The number of barbiturate groups is 1. The lowest BCUT2D eigenvalue weighted by molar-refractivity contribution is -0.153. The first-order valence-corrected chi connectivity index (χ1v) is 9.08. The molecule has 0 radical (unpaired) electrons. The molecule has 1 aromatic carbocycles. The molecule has 28 heavy (non-hydrogen) atoms. The van der Waals surface area contributed by atoms with Gasteiger partial charge in [0.05, 0.1) is 30.9 Å². The summed E-state index contributed by atoms with van der Waals surface area (Å²) in [4.78, 5) is 51.6. The van der Waals surface area contributed by atoms with E-state index in [4.69, 9.17) is 9.47 Å². The van der Waals surface area contributed by atoms with Crippen LogP contribution in [-0.2, 0) is 25.5 Å². The minimum atomic E-state index is -1.55. The number of anilines is 1. The Labute approximate surface area is 161 Å². The van der Waals surface area contributed by atoms with Crippen LogP contribution in [0.15, 0.2) is 18.2 Å². The number of hydrogen-bond acceptors (Lipinski definition) is 7. The van der Waals surface area contributed by atoms with Gasteiger partial charge in [-0.05, 0) is 44.0 Å². The molecule has 1 aromatic rings. The van der Waals surface area contributed by atoms with Crippen LogP contribution in [0.1, 0.15) is 29.8 Å². The molecule has 9 nitrogen and oxygen atoms in total. The number of nitrogens with one attached hydrogen (secondary N) is 2. The van der Waals surface area contributed by atoms with Crippen molar-refractivity contribution in [1.29, 1.82) is 0 Å². The molecule has 2 fully saturated rings. The SMILES string of the molecule is COC(=O)c1ccc2c(c1)CC1(C(=O)NC(=O)NC1=O)C1C(C)OC(C)CN21. The molecule has 4 amide bonds. The Morgan fingerprint density at radius 2 is 1.89 bits per heavy atom. The Bertz CT molecular complexity index is 878. The highest BCUT2D eigenvalue weighted by molar-refractivity contribution is 6.20. The van der Waals surface area contributed by atoms with Gasteiger partial charge in [0.25, 0.3) is 0 Å². The van der Waals surface area contributed by atoms with E-state index in [0.717, 1.165) is 5.69 Å². The van der Waals surface area contributed by atoms with Gasteiger partial charge >= 0.3 is 12.0 Å². The number of urea groups is 1. The van der Waals surface area contributed by atoms with E-state index in [1.807, 2.05) is 18.7 Å². The van der Waals surface area contributed by atoms with E-state index >= 15 is 0 Å². The van der Waals surface area contributed by atoms with E-state index in [2.05, 4.69) is 10.6 Å². The van der Waals surface area contributed by atoms with Crippen LogP contribution < -0.4 is 15.5 Å². The lowest BCUT2D eigenvalue weighted by Gasteiger charge is -2.55. The molecule has 3 unspecified atom stereocenters. The number of morpholine rings is 1. The van der Waals surface area contributed by atoms with Crippen LogP contribution in [0.4, 0.5) is 10.5 Å². The maximum Gasteiger partial charge on any atom is 0.337 e. The van der Waals surface area contributed by atoms with Crippen LogP contribution in [0.2, 0.25) is 0 Å². The Hall–Kier alpha value is -2.94. The third kappa shape index (κ3) is 2.50. The number of rotatable bonds is 1. The van der Waals surface area contributed by atoms with E-state index in [0.29, 0.717) is 17.7 Å². The van der Waals surface area contributed by atoms with Crippen molar-refractivity contribution >= 4 is 29.5 Å². The lowest BCUT2D eigenvalue weighted by atomic mass is 9.66. The maximum absolute atomic E-state index is 13.0. The fourth-order valence-corrected chi connectivity index (χ4v) is 4.69. The van der Waals surface area contributed by atoms with Gasteiger partial charge in [0.2, 0.25) is 11.8 Å². The number of nitrogens with zero attached hydrogens (tertiary/aromatic N) is 1. The average Bonchev–Trinajstić information content (AvgIpc) is 2.64. The normalized spacial score (nSPS) is 28.2. The first-order chi connectivity index (χ1) is 13.3. The van der Waals surface area contributed by atoms with E-state index in [-0.39, 0.29) is 12.5 Å². The van der Waals surface area contributed by atoms with Crippen LogP contribution in [-0.4, -0.2) is 55.7 Å². The number of benzene rings is 1. The predicted octanol–water partition coefficient (Wildman–Crippen LogP) is 0.364. The first-order valence-electron chi connectivity index (χ1n) is 9.08. The van der Waals surface area contributed by atoms with E-state index in [1.54, 1.807) is 18.2 Å². The molecule has 148 valence electrons. The highest BCUT2D eigenvalue weighted by Crippen LogP contribution is 2.46. The van der Waals surface area contributed by atoms with Crippen LogP contribution in [0.25, 0.3) is 0 Å². The van der Waals surface area contributed by atoms with Crippen molar-refractivity contribution in [3.8, 4) is 0 Å². The largest absolute Gasteiger partial charge is 0.465 e. The number of esters is 1. The predicted molar refractivity (Wildman–Crippen MR) is 96.7 cm³/mol. The molecule has 3 atom stereocenters. The average molecular weight is 387 g/mol. The van der Waals surface area contributed by atoms with Gasteiger partial charge in [-0.15, -0.1) is 0 Å². The Kier molecular flexibility index (Phi) is 4.15. The van der Waals surface area contributed by atoms with Crippen LogP contribution >= 0.6 is 0 Å². The third-order valence-electron chi connectivity index (χ3n) is 5.73. The molecule has 3 aliphatic heterocycles. The van der Waals surface area contributed by atoms with Crippen LogP contribution in [0.3, 0.4) is 0 Å². The number of amides is 4. The molecule has 0 aliphatic carbocycles. The highest BCUT2D eigenvalue weighted by Gasteiger charge is 2.62. The zero-order valence-corrected chi connectivity index (χ0v) is 15.8. The monoisotopic (exact) mass is 387 g/mol. The number of fused-ring (bicyclic) bond motifs is 4. The molecule has 9 heteroatoms. The summed E-state index contributed by atoms with van der Waals surface area (Å²) < 4.78 is 10.7. The molecule has 1 spiro atoms. The van der Waals surface area contributed by atoms with Crippen molar-refractivity contribution in [3.63, 3.8) is 0 Å². The molecule has 0 bridgehead atoms. The fraction of sp³-hybridized carbons (Fsp3) is 0.474. The molecule has 4 rings (SSSR count). The number of carbonyl (C=O) groups is 4. The topological polar surface area (TPSA) is 114 Å². The summed E-state index contributed by atoms with van der Waals surface area (Å²) in [6, 6.07) is 3.68. The zero-order chi connectivity index (χ0) is 20.2. The van der Waals surface area contributed by atoms with Gasteiger partial charge in [-0.25, -0.2) is 9.59 Å². The van der Waals surface area contributed by atoms with Gasteiger partial charge in [-0.1, -0.05) is 0 Å². The van der Waals surface area contributed by atoms with Crippen molar-refractivity contribution < 1.29 is 28.7 Å². The third-order valence-corrected chi connectivity index (χ3v) is 5.73. The maximum atomic E-state index is 13.0. The van der Waals surface area contributed by atoms with Crippen molar-refractivity contribution in [3.05, 3.63) is 29.3 Å². The van der Waals surface area contributed by atoms with E-state index in [1.165, 1.54) is 7.11 Å². The summed E-state index contributed by atoms with van der Waals surface area (Å²) in [5.74, 6) is -1.82. The summed E-state index contributed by atoms with van der Waals surface area (Å²) in [5, 5.41) is 4.46. The summed E-state index contributed by atoms with van der Waals surface area (Å²) >= 11 is 0. The van der Waals surface area contributed by atoms with Gasteiger partial charge in [-0.3, -0.25) is 20.2 Å². The summed E-state index contributed by atoms with van der Waals surface area (Å²) in [7, 11) is 1.29. The number of carbonyl (C=O) groups excluding carboxylic acids is 4. The van der Waals surface area contributed by atoms with E-state index < -0.39 is 41.4 Å². The number of ether oxygens (including phenoxy) is 2. The minimum absolute atomic E-state index is 0.0430. The summed E-state index contributed by atoms with van der Waals surface area (Å²) in [6.07, 6.45) is -0.505. The Morgan fingerprint density at radius 1 is 1.21 bits per heavy atom. The standard InChI is InChI=1S/C19H21N3O6/c1-9-8-22-13-5-4-11(15(23)27-3)6-12(13)7-19(14(22)10(2)28-9)16(24)20-18(26)21-17(19)25/h4-6,9-10,14H,7-8H2,1-3H3,(H2,20,21,24,25,26). The second kappa shape index (κ2) is 6.30. The zero-order valence-electron chi connectivity index (χ0n) is 15.8. The summed E-state index contributed by atoms with van der Waals surface area (Å²) in [5.41, 5.74) is 0.287. The van der Waals surface area contributed by atoms with Gasteiger partial charge in [0.1, 0.15) is 0 Å². The molecular weight excluding hydrogens is 366 g/mol. The quantitative estimate of drug-likeness (QED) is 0.528. The number of methoxy groups -OCH3 is 1. The summed E-state index contributed by atoms with van der Waals surface area (Å²) in [6.45, 7) is 4.21. The molecule has 3 aliphatic rings. The highest BCUT2D eigenvalue weighted by atomic mass is 16.5. The van der Waals surface area contributed by atoms with Crippen molar-refractivity contribution in [2.24, 2.45) is 5.41 Å². The molecule has 3 heterocycles. The van der Waals surface area contributed by atoms with Gasteiger partial charge in [-0.2, -0.15) is 0 Å². The second-order valence-electron chi connectivity index (χ2n) is 7.47. The first kappa shape index (κ1) is 18.4. The van der Waals surface area contributed by atoms with Crippen molar-refractivity contribution in [1.82, 2.24) is 10.6 Å². The Morgan fingerprint density at radius 3 is 2.54 bits per heavy atom. The van der Waals surface area contributed by atoms with Gasteiger partial charge < -0.3 is 14.4 Å². The number of hydrogen-bond donors (Lipinski definition) is 2. The molecule has 2 N–H and O–H groups in total. The lowest BCUT2D eigenvalue weighted by Crippen LogP contribution is -2.75.